The highest BCUT2D eigenvalue weighted by atomic mass is 19.4. The van der Waals surface area contributed by atoms with Gasteiger partial charge in [-0.25, -0.2) is 0 Å². The minimum atomic E-state index is -4.88. The van der Waals surface area contributed by atoms with Crippen LogP contribution >= 0.6 is 0 Å². The molecule has 0 spiro atoms. The van der Waals surface area contributed by atoms with Crippen molar-refractivity contribution in [1.82, 2.24) is 0 Å². The van der Waals surface area contributed by atoms with Crippen molar-refractivity contribution in [2.75, 3.05) is 23.3 Å². The summed E-state index contributed by atoms with van der Waals surface area (Å²) in [7, 11) is 0. The van der Waals surface area contributed by atoms with Gasteiger partial charge in [0.05, 0.1) is 0 Å². The zero-order valence-electron chi connectivity index (χ0n) is 17.3. The molecule has 0 saturated carbocycles. The second-order valence-electron chi connectivity index (χ2n) is 8.18. The van der Waals surface area contributed by atoms with E-state index in [0.29, 0.717) is 0 Å². The third kappa shape index (κ3) is 5.65. The summed E-state index contributed by atoms with van der Waals surface area (Å²) in [6.07, 6.45) is 4.39. The summed E-state index contributed by atoms with van der Waals surface area (Å²) in [6, 6.07) is 5.21. The third-order valence-corrected chi connectivity index (χ3v) is 5.66. The predicted molar refractivity (Wildman–Crippen MR) is 109 cm³/mol. The van der Waals surface area contributed by atoms with Crippen molar-refractivity contribution in [3.8, 4) is 0 Å². The highest BCUT2D eigenvalue weighted by molar-refractivity contribution is 5.95. The normalized spacial score (nSPS) is 19.0. The van der Waals surface area contributed by atoms with Crippen LogP contribution in [0.3, 0.4) is 0 Å². The number of hydrogen-bond donors (Lipinski definition) is 1. The van der Waals surface area contributed by atoms with E-state index >= 15 is 0 Å². The van der Waals surface area contributed by atoms with Gasteiger partial charge in [0, 0.05) is 29.9 Å². The molecule has 0 fully saturated rings. The third-order valence-electron chi connectivity index (χ3n) is 5.66. The maximum atomic E-state index is 12.6. The van der Waals surface area contributed by atoms with Crippen molar-refractivity contribution in [1.29, 1.82) is 0 Å². The molecule has 1 N–H and O–H groups in total. The maximum absolute atomic E-state index is 12.6. The molecule has 6 heteroatoms. The standard InChI is InChI=1S/C22H33F3N2O/c1-4-6-8-9-10-13-21(3)16-27(14-7-5-2)19-15-17(11-12-18(19)21)26-20(28)22(23,24)25/h11-12,15H,4-10,13-14,16H2,1-3H3,(H,26,28). The number of fused-ring (bicyclic) bond motifs is 1. The number of amides is 1. The molecule has 1 atom stereocenters. The number of nitrogens with zero attached hydrogens (tertiary/aromatic N) is 1. The lowest BCUT2D eigenvalue weighted by Gasteiger charge is -2.26. The van der Waals surface area contributed by atoms with E-state index < -0.39 is 12.1 Å². The first-order valence-corrected chi connectivity index (χ1v) is 10.5. The van der Waals surface area contributed by atoms with Gasteiger partial charge in [-0.15, -0.1) is 0 Å². The smallest absolute Gasteiger partial charge is 0.370 e. The van der Waals surface area contributed by atoms with Crippen LogP contribution in [-0.4, -0.2) is 25.2 Å². The number of carbonyl (C=O) groups excluding carboxylic acids is 1. The maximum Gasteiger partial charge on any atom is 0.471 e. The van der Waals surface area contributed by atoms with E-state index in [0.717, 1.165) is 44.5 Å². The summed E-state index contributed by atoms with van der Waals surface area (Å²) in [5, 5.41) is 1.99. The van der Waals surface area contributed by atoms with E-state index in [1.54, 1.807) is 12.1 Å². The van der Waals surface area contributed by atoms with Gasteiger partial charge in [-0.1, -0.05) is 65.4 Å². The average Bonchev–Trinajstić information content (AvgIpc) is 2.91. The van der Waals surface area contributed by atoms with Crippen molar-refractivity contribution in [3.05, 3.63) is 23.8 Å². The SMILES string of the molecule is CCCCCCCC1(C)CN(CCCC)c2cc(NC(=O)C(F)(F)F)ccc21. The van der Waals surface area contributed by atoms with Crippen molar-refractivity contribution in [2.24, 2.45) is 0 Å². The molecular weight excluding hydrogens is 365 g/mol. The monoisotopic (exact) mass is 398 g/mol. The molecule has 0 aliphatic carbocycles. The molecule has 1 heterocycles. The highest BCUT2D eigenvalue weighted by Crippen LogP contribution is 2.45. The quantitative estimate of drug-likeness (QED) is 0.461. The Morgan fingerprint density at radius 2 is 1.79 bits per heavy atom. The van der Waals surface area contributed by atoms with Crippen LogP contribution < -0.4 is 10.2 Å². The van der Waals surface area contributed by atoms with Gasteiger partial charge in [0.1, 0.15) is 0 Å². The molecular formula is C22H33F3N2O. The minimum Gasteiger partial charge on any atom is -0.370 e. The van der Waals surface area contributed by atoms with E-state index in [9.17, 15) is 18.0 Å². The molecule has 1 aliphatic heterocycles. The summed E-state index contributed by atoms with van der Waals surface area (Å²) >= 11 is 0. The first kappa shape index (κ1) is 22.6. The van der Waals surface area contributed by atoms with E-state index in [2.05, 4.69) is 25.7 Å². The van der Waals surface area contributed by atoms with Gasteiger partial charge >= 0.3 is 12.1 Å². The van der Waals surface area contributed by atoms with Gasteiger partial charge in [-0.3, -0.25) is 4.79 Å². The van der Waals surface area contributed by atoms with Gasteiger partial charge in [0.25, 0.3) is 0 Å². The fourth-order valence-electron chi connectivity index (χ4n) is 4.06. The molecule has 0 radical (unpaired) electrons. The number of nitrogens with one attached hydrogen (secondary N) is 1. The summed E-state index contributed by atoms with van der Waals surface area (Å²) in [5.74, 6) is -1.93. The zero-order chi connectivity index (χ0) is 20.8. The Bertz CT molecular complexity index is 660. The van der Waals surface area contributed by atoms with Crippen LogP contribution in [0.2, 0.25) is 0 Å². The molecule has 0 aromatic heterocycles. The van der Waals surface area contributed by atoms with Gasteiger partial charge in [0.2, 0.25) is 0 Å². The largest absolute Gasteiger partial charge is 0.471 e. The van der Waals surface area contributed by atoms with Crippen LogP contribution in [0.1, 0.15) is 77.7 Å². The molecule has 158 valence electrons. The number of carbonyl (C=O) groups is 1. The molecule has 1 aromatic rings. The molecule has 1 aliphatic rings. The first-order chi connectivity index (χ1) is 13.2. The summed E-state index contributed by atoms with van der Waals surface area (Å²) in [5.41, 5.74) is 2.35. The van der Waals surface area contributed by atoms with Crippen LogP contribution in [0.4, 0.5) is 24.5 Å². The number of hydrogen-bond acceptors (Lipinski definition) is 2. The zero-order valence-corrected chi connectivity index (χ0v) is 17.3. The number of benzene rings is 1. The number of anilines is 2. The van der Waals surface area contributed by atoms with Gasteiger partial charge in [-0.05, 0) is 30.5 Å². The Morgan fingerprint density at radius 3 is 2.43 bits per heavy atom. The van der Waals surface area contributed by atoms with Gasteiger partial charge in [-0.2, -0.15) is 13.2 Å². The van der Waals surface area contributed by atoms with Crippen LogP contribution in [0.15, 0.2) is 18.2 Å². The Balaban J connectivity index is 2.18. The topological polar surface area (TPSA) is 32.3 Å². The molecule has 1 unspecified atom stereocenters. The van der Waals surface area contributed by atoms with E-state index in [1.807, 2.05) is 11.4 Å². The summed E-state index contributed by atoms with van der Waals surface area (Å²) in [6.45, 7) is 8.35. The molecule has 1 aromatic carbocycles. The number of rotatable bonds is 10. The molecule has 28 heavy (non-hydrogen) atoms. The van der Waals surface area contributed by atoms with Crippen molar-refractivity contribution in [2.45, 2.75) is 83.7 Å². The lowest BCUT2D eigenvalue weighted by atomic mass is 9.79. The van der Waals surface area contributed by atoms with Crippen molar-refractivity contribution in [3.63, 3.8) is 0 Å². The Hall–Kier alpha value is -1.72. The Labute approximate surface area is 166 Å². The second-order valence-corrected chi connectivity index (χ2v) is 8.18. The summed E-state index contributed by atoms with van der Waals surface area (Å²) < 4.78 is 37.7. The van der Waals surface area contributed by atoms with Crippen molar-refractivity contribution < 1.29 is 18.0 Å². The van der Waals surface area contributed by atoms with Gasteiger partial charge in [0.15, 0.2) is 0 Å². The van der Waals surface area contributed by atoms with E-state index in [-0.39, 0.29) is 11.1 Å². The molecule has 3 nitrogen and oxygen atoms in total. The van der Waals surface area contributed by atoms with Crippen LogP contribution in [0.5, 0.6) is 0 Å². The van der Waals surface area contributed by atoms with E-state index in [1.165, 1.54) is 31.2 Å². The molecule has 0 saturated heterocycles. The number of halogens is 3. The van der Waals surface area contributed by atoms with Gasteiger partial charge < -0.3 is 10.2 Å². The van der Waals surface area contributed by atoms with Crippen molar-refractivity contribution >= 4 is 17.3 Å². The lowest BCUT2D eigenvalue weighted by molar-refractivity contribution is -0.167. The lowest BCUT2D eigenvalue weighted by Crippen LogP contribution is -2.31. The fourth-order valence-corrected chi connectivity index (χ4v) is 4.06. The van der Waals surface area contributed by atoms with Crippen LogP contribution in [-0.2, 0) is 10.2 Å². The Morgan fingerprint density at radius 1 is 1.11 bits per heavy atom. The van der Waals surface area contributed by atoms with Crippen LogP contribution in [0.25, 0.3) is 0 Å². The molecule has 2 rings (SSSR count). The highest BCUT2D eigenvalue weighted by Gasteiger charge is 2.40. The van der Waals surface area contributed by atoms with E-state index in [4.69, 9.17) is 0 Å². The summed E-state index contributed by atoms with van der Waals surface area (Å²) in [4.78, 5) is 13.6. The number of unbranched alkanes of at least 4 members (excludes halogenated alkanes) is 5. The fraction of sp³-hybridized carbons (Fsp3) is 0.682. The second kappa shape index (κ2) is 9.66. The first-order valence-electron chi connectivity index (χ1n) is 10.5. The molecule has 1 amide bonds. The Kier molecular flexibility index (Phi) is 7.79. The molecule has 0 bridgehead atoms. The minimum absolute atomic E-state index is 0.00184. The predicted octanol–water partition coefficient (Wildman–Crippen LogP) is 6.43. The van der Waals surface area contributed by atoms with Crippen LogP contribution in [0, 0.1) is 0 Å². The average molecular weight is 399 g/mol. The number of alkyl halides is 3.